The summed E-state index contributed by atoms with van der Waals surface area (Å²) >= 11 is 0. The van der Waals surface area contributed by atoms with E-state index in [1.807, 2.05) is 0 Å². The molecule has 1 heterocycles. The van der Waals surface area contributed by atoms with E-state index in [2.05, 4.69) is 0 Å². The Hall–Kier alpha value is -0.700. The number of halogens is 4. The molecule has 1 amide bonds. The van der Waals surface area contributed by atoms with Crippen LogP contribution in [-0.2, 0) is 13.8 Å². The molecule has 1 fully saturated rings. The fourth-order valence-corrected chi connectivity index (χ4v) is 3.82. The fraction of sp³-hybridized carbons (Fsp3) is 0.917. The van der Waals surface area contributed by atoms with Crippen LogP contribution in [0.4, 0.5) is 18.0 Å². The second kappa shape index (κ2) is 6.43. The second-order valence-electron chi connectivity index (χ2n) is 6.27. The second-order valence-corrected chi connectivity index (χ2v) is 9.09. The zero-order chi connectivity index (χ0) is 17.3. The van der Waals surface area contributed by atoms with Crippen molar-refractivity contribution >= 4 is 25.8 Å². The first-order valence-electron chi connectivity index (χ1n) is 6.69. The highest BCUT2D eigenvalue weighted by Crippen LogP contribution is 2.37. The van der Waals surface area contributed by atoms with Gasteiger partial charge in [-0.1, -0.05) is 0 Å². The first kappa shape index (κ1) is 19.3. The van der Waals surface area contributed by atoms with Gasteiger partial charge in [0.2, 0.25) is 9.05 Å². The molecule has 0 radical (unpaired) electrons. The van der Waals surface area contributed by atoms with Crippen LogP contribution in [-0.4, -0.2) is 49.5 Å². The Morgan fingerprint density at radius 3 is 2.27 bits per heavy atom. The van der Waals surface area contributed by atoms with Gasteiger partial charge in [-0.3, -0.25) is 4.90 Å². The minimum absolute atomic E-state index is 0.0232. The summed E-state index contributed by atoms with van der Waals surface area (Å²) in [4.78, 5) is 12.6. The smallest absolute Gasteiger partial charge is 0.410 e. The first-order chi connectivity index (χ1) is 9.71. The van der Waals surface area contributed by atoms with Gasteiger partial charge in [-0.15, -0.1) is 0 Å². The number of hydrogen-bond donors (Lipinski definition) is 0. The third-order valence-electron chi connectivity index (χ3n) is 3.13. The summed E-state index contributed by atoms with van der Waals surface area (Å²) in [5.74, 6) is -2.14. The van der Waals surface area contributed by atoms with Gasteiger partial charge in [0.05, 0.1) is 5.75 Å². The number of nitrogens with zero attached hydrogens (tertiary/aromatic N) is 1. The van der Waals surface area contributed by atoms with Crippen LogP contribution in [0, 0.1) is 5.92 Å². The highest BCUT2D eigenvalue weighted by molar-refractivity contribution is 8.13. The van der Waals surface area contributed by atoms with E-state index in [1.54, 1.807) is 0 Å². The van der Waals surface area contributed by atoms with Gasteiger partial charge in [0.1, 0.15) is 11.6 Å². The molecule has 130 valence electrons. The molecule has 5 nitrogen and oxygen atoms in total. The topological polar surface area (TPSA) is 63.7 Å². The minimum atomic E-state index is -4.76. The van der Waals surface area contributed by atoms with Crippen LogP contribution in [0.2, 0.25) is 0 Å². The summed E-state index contributed by atoms with van der Waals surface area (Å²) in [5.41, 5.74) is -0.946. The Bertz CT molecular complexity index is 515. The number of ether oxygens (including phenoxy) is 1. The lowest BCUT2D eigenvalue weighted by Gasteiger charge is -2.41. The molecule has 2 unspecified atom stereocenters. The predicted octanol–water partition coefficient (Wildman–Crippen LogP) is 3.13. The van der Waals surface area contributed by atoms with Crippen molar-refractivity contribution in [1.82, 2.24) is 4.90 Å². The summed E-state index contributed by atoms with van der Waals surface area (Å²) in [6, 6.07) is -2.22. The van der Waals surface area contributed by atoms with Gasteiger partial charge in [0.25, 0.3) is 0 Å². The standard InChI is InChI=1S/C12H19ClF3NO4S/c1-11(2,3)21-10(18)17-6-4-5-8(7-22(13,19)20)9(17)12(14,15)16/h8-9H,4-7H2,1-3H3. The summed E-state index contributed by atoms with van der Waals surface area (Å²) in [7, 11) is 0.978. The van der Waals surface area contributed by atoms with Gasteiger partial charge in [-0.05, 0) is 33.6 Å². The third-order valence-corrected chi connectivity index (χ3v) is 4.34. The molecule has 0 aliphatic carbocycles. The van der Waals surface area contributed by atoms with Crippen LogP contribution in [0.15, 0.2) is 0 Å². The quantitative estimate of drug-likeness (QED) is 0.705. The van der Waals surface area contributed by atoms with Crippen molar-refractivity contribution in [3.8, 4) is 0 Å². The molecule has 0 aromatic heterocycles. The van der Waals surface area contributed by atoms with E-state index in [4.69, 9.17) is 15.4 Å². The monoisotopic (exact) mass is 365 g/mol. The number of carbonyl (C=O) groups is 1. The molecule has 0 saturated carbocycles. The lowest BCUT2D eigenvalue weighted by atomic mass is 9.90. The SMILES string of the molecule is CC(C)(C)OC(=O)N1CCCC(CS(=O)(=O)Cl)C1C(F)(F)F. The number of likely N-dealkylation sites (tertiary alicyclic amines) is 1. The van der Waals surface area contributed by atoms with Crippen molar-refractivity contribution in [3.05, 3.63) is 0 Å². The molecule has 1 aliphatic heterocycles. The number of rotatable bonds is 2. The summed E-state index contributed by atoms with van der Waals surface area (Å²) in [6.07, 6.45) is -5.59. The van der Waals surface area contributed by atoms with Crippen molar-refractivity contribution in [1.29, 1.82) is 0 Å². The molecule has 0 aromatic carbocycles. The summed E-state index contributed by atoms with van der Waals surface area (Å²) in [6.45, 7) is 4.48. The van der Waals surface area contributed by atoms with Crippen LogP contribution in [0.3, 0.4) is 0 Å². The Morgan fingerprint density at radius 1 is 1.32 bits per heavy atom. The molecule has 2 atom stereocenters. The Balaban J connectivity index is 3.07. The molecule has 0 bridgehead atoms. The lowest BCUT2D eigenvalue weighted by Crippen LogP contribution is -2.57. The average molecular weight is 366 g/mol. The Morgan fingerprint density at radius 2 is 1.86 bits per heavy atom. The molecule has 1 saturated heterocycles. The Kier molecular flexibility index (Phi) is 5.65. The van der Waals surface area contributed by atoms with Crippen LogP contribution in [0.1, 0.15) is 33.6 Å². The van der Waals surface area contributed by atoms with E-state index in [1.165, 1.54) is 20.8 Å². The molecular weight excluding hydrogens is 347 g/mol. The Labute approximate surface area is 132 Å². The zero-order valence-electron chi connectivity index (χ0n) is 12.5. The summed E-state index contributed by atoms with van der Waals surface area (Å²) in [5, 5.41) is 0. The highest BCUT2D eigenvalue weighted by Gasteiger charge is 2.53. The molecule has 1 aliphatic rings. The number of amides is 1. The maximum absolute atomic E-state index is 13.3. The van der Waals surface area contributed by atoms with E-state index in [0.29, 0.717) is 4.90 Å². The maximum atomic E-state index is 13.3. The average Bonchev–Trinajstić information content (AvgIpc) is 2.22. The van der Waals surface area contributed by atoms with Gasteiger partial charge in [0, 0.05) is 23.1 Å². The maximum Gasteiger partial charge on any atom is 0.410 e. The number of hydrogen-bond acceptors (Lipinski definition) is 4. The van der Waals surface area contributed by atoms with E-state index >= 15 is 0 Å². The van der Waals surface area contributed by atoms with Gasteiger partial charge in [-0.2, -0.15) is 13.2 Å². The van der Waals surface area contributed by atoms with Crippen molar-refractivity contribution in [2.45, 2.75) is 51.4 Å². The van der Waals surface area contributed by atoms with Crippen LogP contribution >= 0.6 is 10.7 Å². The van der Waals surface area contributed by atoms with Crippen molar-refractivity contribution < 1.29 is 31.1 Å². The molecule has 0 spiro atoms. The van der Waals surface area contributed by atoms with E-state index < -0.39 is 44.6 Å². The van der Waals surface area contributed by atoms with E-state index in [0.717, 1.165) is 0 Å². The van der Waals surface area contributed by atoms with Crippen LogP contribution < -0.4 is 0 Å². The molecule has 0 N–H and O–H groups in total. The molecular formula is C12H19ClF3NO4S. The predicted molar refractivity (Wildman–Crippen MR) is 75.1 cm³/mol. The first-order valence-corrected chi connectivity index (χ1v) is 9.17. The minimum Gasteiger partial charge on any atom is -0.444 e. The molecule has 1 rings (SSSR count). The number of alkyl halides is 3. The van der Waals surface area contributed by atoms with Crippen LogP contribution in [0.25, 0.3) is 0 Å². The van der Waals surface area contributed by atoms with Crippen molar-refractivity contribution in [2.24, 2.45) is 5.92 Å². The largest absolute Gasteiger partial charge is 0.444 e. The highest BCUT2D eigenvalue weighted by atomic mass is 35.7. The number of piperidine rings is 1. The summed E-state index contributed by atoms with van der Waals surface area (Å²) < 4.78 is 67.2. The fourth-order valence-electron chi connectivity index (χ4n) is 2.47. The lowest BCUT2D eigenvalue weighted by molar-refractivity contribution is -0.199. The van der Waals surface area contributed by atoms with Gasteiger partial charge >= 0.3 is 12.3 Å². The van der Waals surface area contributed by atoms with Crippen molar-refractivity contribution in [2.75, 3.05) is 12.3 Å². The van der Waals surface area contributed by atoms with Crippen LogP contribution in [0.5, 0.6) is 0 Å². The van der Waals surface area contributed by atoms with E-state index in [-0.39, 0.29) is 19.4 Å². The molecule has 0 aromatic rings. The normalized spacial score (nSPS) is 24.2. The van der Waals surface area contributed by atoms with Gasteiger partial charge in [-0.25, -0.2) is 13.2 Å². The van der Waals surface area contributed by atoms with Crippen molar-refractivity contribution in [3.63, 3.8) is 0 Å². The van der Waals surface area contributed by atoms with Gasteiger partial charge in [0.15, 0.2) is 0 Å². The molecule has 22 heavy (non-hydrogen) atoms. The molecule has 10 heteroatoms. The zero-order valence-corrected chi connectivity index (χ0v) is 14.1. The van der Waals surface area contributed by atoms with E-state index in [9.17, 15) is 26.4 Å². The third kappa shape index (κ3) is 5.83. The number of carbonyl (C=O) groups excluding carboxylic acids is 1. The van der Waals surface area contributed by atoms with Gasteiger partial charge < -0.3 is 4.74 Å².